The van der Waals surface area contributed by atoms with Crippen molar-refractivity contribution in [2.45, 2.75) is 64.1 Å². The van der Waals surface area contributed by atoms with Gasteiger partial charge in [-0.05, 0) is 54.2 Å². The highest BCUT2D eigenvalue weighted by Gasteiger charge is 2.32. The van der Waals surface area contributed by atoms with Crippen molar-refractivity contribution in [1.82, 2.24) is 10.2 Å². The zero-order valence-corrected chi connectivity index (χ0v) is 21.8. The van der Waals surface area contributed by atoms with Gasteiger partial charge in [-0.2, -0.15) is 0 Å². The zero-order valence-electron chi connectivity index (χ0n) is 20.3. The molecular formula is C30H33BrN2O2. The summed E-state index contributed by atoms with van der Waals surface area (Å²) in [7, 11) is 0. The average Bonchev–Trinajstić information content (AvgIpc) is 3.37. The molecule has 0 radical (unpaired) electrons. The van der Waals surface area contributed by atoms with Crippen LogP contribution in [0.2, 0.25) is 0 Å². The molecule has 1 saturated carbocycles. The molecule has 0 aromatic heterocycles. The summed E-state index contributed by atoms with van der Waals surface area (Å²) in [5, 5.41) is 3.26. The minimum atomic E-state index is -0.585. The van der Waals surface area contributed by atoms with E-state index >= 15 is 0 Å². The van der Waals surface area contributed by atoms with E-state index in [-0.39, 0.29) is 24.3 Å². The molecule has 35 heavy (non-hydrogen) atoms. The fourth-order valence-electron chi connectivity index (χ4n) is 4.78. The van der Waals surface area contributed by atoms with Gasteiger partial charge in [-0.25, -0.2) is 0 Å². The van der Waals surface area contributed by atoms with Gasteiger partial charge in [-0.1, -0.05) is 95.5 Å². The fourth-order valence-corrected chi connectivity index (χ4v) is 5.05. The molecule has 3 aromatic carbocycles. The number of nitrogens with one attached hydrogen (secondary N) is 1. The second-order valence-electron chi connectivity index (χ2n) is 9.45. The second kappa shape index (κ2) is 12.2. The minimum absolute atomic E-state index is 0.0373. The molecule has 0 unspecified atom stereocenters. The van der Waals surface area contributed by atoms with Gasteiger partial charge >= 0.3 is 0 Å². The number of rotatable bonds is 9. The van der Waals surface area contributed by atoms with Gasteiger partial charge in [0.1, 0.15) is 6.04 Å². The van der Waals surface area contributed by atoms with Crippen LogP contribution in [-0.4, -0.2) is 28.8 Å². The monoisotopic (exact) mass is 532 g/mol. The third-order valence-electron chi connectivity index (χ3n) is 6.84. The highest BCUT2D eigenvalue weighted by molar-refractivity contribution is 9.10. The van der Waals surface area contributed by atoms with E-state index in [4.69, 9.17) is 0 Å². The molecule has 4 nitrogen and oxygen atoms in total. The number of halogens is 1. The Bertz CT molecular complexity index is 1120. The maximum atomic E-state index is 13.8. The summed E-state index contributed by atoms with van der Waals surface area (Å²) in [5.41, 5.74) is 4.12. The highest BCUT2D eigenvalue weighted by atomic mass is 79.9. The van der Waals surface area contributed by atoms with Crippen LogP contribution in [-0.2, 0) is 29.0 Å². The van der Waals surface area contributed by atoms with Crippen LogP contribution in [0.1, 0.15) is 47.9 Å². The van der Waals surface area contributed by atoms with Crippen molar-refractivity contribution in [3.8, 4) is 0 Å². The summed E-state index contributed by atoms with van der Waals surface area (Å²) in [6.07, 6.45) is 5.05. The summed E-state index contributed by atoms with van der Waals surface area (Å²) < 4.78 is 0.985. The van der Waals surface area contributed by atoms with Gasteiger partial charge in [0.15, 0.2) is 0 Å². The molecule has 1 N–H and O–H groups in total. The number of benzene rings is 3. The lowest BCUT2D eigenvalue weighted by Crippen LogP contribution is -2.52. The van der Waals surface area contributed by atoms with E-state index in [1.807, 2.05) is 85.8 Å². The average molecular weight is 534 g/mol. The predicted molar refractivity (Wildman–Crippen MR) is 144 cm³/mol. The van der Waals surface area contributed by atoms with E-state index in [1.54, 1.807) is 4.90 Å². The van der Waals surface area contributed by atoms with Crippen molar-refractivity contribution in [2.24, 2.45) is 0 Å². The van der Waals surface area contributed by atoms with Gasteiger partial charge in [0.05, 0.1) is 6.42 Å². The van der Waals surface area contributed by atoms with Gasteiger partial charge in [0, 0.05) is 23.5 Å². The molecular weight excluding hydrogens is 500 g/mol. The number of nitrogens with zero attached hydrogens (tertiary/aromatic N) is 1. The largest absolute Gasteiger partial charge is 0.352 e. The molecule has 0 heterocycles. The van der Waals surface area contributed by atoms with Crippen molar-refractivity contribution in [3.05, 3.63) is 106 Å². The molecule has 0 spiro atoms. The molecule has 4 rings (SSSR count). The van der Waals surface area contributed by atoms with Crippen LogP contribution in [0.4, 0.5) is 0 Å². The van der Waals surface area contributed by atoms with Gasteiger partial charge in [0.25, 0.3) is 0 Å². The van der Waals surface area contributed by atoms with E-state index < -0.39 is 6.04 Å². The van der Waals surface area contributed by atoms with Crippen LogP contribution >= 0.6 is 15.9 Å². The molecule has 3 aromatic rings. The van der Waals surface area contributed by atoms with Crippen molar-refractivity contribution >= 4 is 27.7 Å². The third-order valence-corrected chi connectivity index (χ3v) is 7.37. The Kier molecular flexibility index (Phi) is 8.75. The number of carbonyl (C=O) groups excluding carboxylic acids is 2. The first-order valence-electron chi connectivity index (χ1n) is 12.4. The normalized spacial score (nSPS) is 14.5. The summed E-state index contributed by atoms with van der Waals surface area (Å²) in [6.45, 7) is 2.41. The summed E-state index contributed by atoms with van der Waals surface area (Å²) in [5.74, 6) is -0.0966. The Balaban J connectivity index is 1.66. The van der Waals surface area contributed by atoms with Gasteiger partial charge < -0.3 is 10.2 Å². The maximum Gasteiger partial charge on any atom is 0.243 e. The molecule has 2 amide bonds. The molecule has 0 aliphatic heterocycles. The molecule has 0 saturated heterocycles. The number of amides is 2. The Morgan fingerprint density at radius 3 is 2.26 bits per heavy atom. The second-order valence-corrected chi connectivity index (χ2v) is 10.4. The van der Waals surface area contributed by atoms with E-state index in [9.17, 15) is 9.59 Å². The first-order chi connectivity index (χ1) is 17.0. The van der Waals surface area contributed by atoms with Crippen molar-refractivity contribution < 1.29 is 9.59 Å². The van der Waals surface area contributed by atoms with Crippen molar-refractivity contribution in [2.75, 3.05) is 0 Å². The van der Waals surface area contributed by atoms with Gasteiger partial charge in [-0.3, -0.25) is 9.59 Å². The first kappa shape index (κ1) is 25.2. The van der Waals surface area contributed by atoms with E-state index in [1.165, 1.54) is 0 Å². The number of carbonyl (C=O) groups is 2. The standard InChI is InChI=1S/C30H33BrN2O2/c1-22-9-5-6-12-25(22)20-29(34)33(21-24-15-17-26(31)18-16-24)28(19-23-10-3-2-4-11-23)30(35)32-27-13-7-8-14-27/h2-6,9-12,15-18,27-28H,7-8,13-14,19-21H2,1H3,(H,32,35)/t28-/m1/s1. The quantitative estimate of drug-likeness (QED) is 0.367. The molecule has 5 heteroatoms. The zero-order chi connectivity index (χ0) is 24.6. The lowest BCUT2D eigenvalue weighted by molar-refractivity contribution is -0.141. The molecule has 1 fully saturated rings. The Morgan fingerprint density at radius 1 is 0.914 bits per heavy atom. The van der Waals surface area contributed by atoms with Crippen LogP contribution in [0.3, 0.4) is 0 Å². The first-order valence-corrected chi connectivity index (χ1v) is 13.2. The van der Waals surface area contributed by atoms with E-state index in [0.717, 1.165) is 52.4 Å². The smallest absolute Gasteiger partial charge is 0.243 e. The Morgan fingerprint density at radius 2 is 1.57 bits per heavy atom. The topological polar surface area (TPSA) is 49.4 Å². The van der Waals surface area contributed by atoms with Crippen LogP contribution in [0.25, 0.3) is 0 Å². The van der Waals surface area contributed by atoms with Crippen LogP contribution in [0.15, 0.2) is 83.3 Å². The summed E-state index contributed by atoms with van der Waals surface area (Å²) in [4.78, 5) is 29.3. The van der Waals surface area contributed by atoms with E-state index in [0.29, 0.717) is 13.0 Å². The Hall–Kier alpha value is -2.92. The summed E-state index contributed by atoms with van der Waals surface area (Å²) >= 11 is 3.49. The van der Waals surface area contributed by atoms with Gasteiger partial charge in [0.2, 0.25) is 11.8 Å². The van der Waals surface area contributed by atoms with Gasteiger partial charge in [-0.15, -0.1) is 0 Å². The molecule has 1 aliphatic carbocycles. The van der Waals surface area contributed by atoms with Crippen molar-refractivity contribution in [3.63, 3.8) is 0 Å². The molecule has 0 bridgehead atoms. The predicted octanol–water partition coefficient (Wildman–Crippen LogP) is 6.00. The number of hydrogen-bond donors (Lipinski definition) is 1. The third kappa shape index (κ3) is 7.04. The molecule has 1 aliphatic rings. The molecule has 182 valence electrons. The summed E-state index contributed by atoms with van der Waals surface area (Å²) in [6, 6.07) is 25.5. The minimum Gasteiger partial charge on any atom is -0.352 e. The fraction of sp³-hybridized carbons (Fsp3) is 0.333. The van der Waals surface area contributed by atoms with Crippen molar-refractivity contribution in [1.29, 1.82) is 0 Å². The van der Waals surface area contributed by atoms with E-state index in [2.05, 4.69) is 21.2 Å². The van der Waals surface area contributed by atoms with Crippen LogP contribution in [0.5, 0.6) is 0 Å². The maximum absolute atomic E-state index is 13.8. The SMILES string of the molecule is Cc1ccccc1CC(=O)N(Cc1ccc(Br)cc1)[C@H](Cc1ccccc1)C(=O)NC1CCCC1. The Labute approximate surface area is 216 Å². The van der Waals surface area contributed by atoms with Crippen LogP contribution < -0.4 is 5.32 Å². The number of hydrogen-bond acceptors (Lipinski definition) is 2. The lowest BCUT2D eigenvalue weighted by atomic mass is 10.00. The number of aryl methyl sites for hydroxylation is 1. The molecule has 1 atom stereocenters. The van der Waals surface area contributed by atoms with Crippen LogP contribution in [0, 0.1) is 6.92 Å². The highest BCUT2D eigenvalue weighted by Crippen LogP contribution is 2.21. The lowest BCUT2D eigenvalue weighted by Gasteiger charge is -2.32.